The number of nitrogens with one attached hydrogen (secondary N) is 2. The predicted octanol–water partition coefficient (Wildman–Crippen LogP) is 5.57. The Bertz CT molecular complexity index is 1350. The van der Waals surface area contributed by atoms with E-state index in [2.05, 4.69) is 25.5 Å². The number of ketones is 1. The molecule has 29 heavy (non-hydrogen) atoms. The monoisotopic (exact) mass is 399 g/mol. The number of anilines is 2. The van der Waals surface area contributed by atoms with Crippen molar-refractivity contribution in [2.24, 2.45) is 0 Å². The van der Waals surface area contributed by atoms with Crippen molar-refractivity contribution in [2.75, 3.05) is 5.32 Å². The lowest BCUT2D eigenvalue weighted by atomic mass is 10.1. The molecule has 0 aliphatic rings. The lowest BCUT2D eigenvalue weighted by molar-refractivity contribution is 0.0992. The second kappa shape index (κ2) is 7.10. The van der Waals surface area contributed by atoms with Crippen LogP contribution in [0.4, 0.5) is 11.5 Å². The van der Waals surface area contributed by atoms with Gasteiger partial charge in [-0.3, -0.25) is 9.89 Å². The Labute approximate surface area is 170 Å². The zero-order valence-electron chi connectivity index (χ0n) is 15.6. The van der Waals surface area contributed by atoms with Gasteiger partial charge >= 0.3 is 0 Å². The van der Waals surface area contributed by atoms with Gasteiger partial charge in [0.25, 0.3) is 0 Å². The molecule has 3 aromatic heterocycles. The standard InChI is InChI=1S/C22H17N5OS/c1-2-18(28)20-10-13-3-4-14(11-19(13)29-20)22-23-8-7-21(26-22)25-16-5-6-17-15(9-16)12-24-27-17/h3-12H,2H2,1H3,(H,24,27)(H,23,25,26). The molecule has 6 nitrogen and oxygen atoms in total. The van der Waals surface area contributed by atoms with Crippen molar-refractivity contribution >= 4 is 49.6 Å². The molecule has 3 heterocycles. The molecular formula is C22H17N5OS. The third-order valence-corrected chi connectivity index (χ3v) is 5.88. The Morgan fingerprint density at radius 1 is 1.10 bits per heavy atom. The lowest BCUT2D eigenvalue weighted by Gasteiger charge is -2.07. The van der Waals surface area contributed by atoms with E-state index in [1.54, 1.807) is 12.4 Å². The number of nitrogens with zero attached hydrogens (tertiary/aromatic N) is 3. The quantitative estimate of drug-likeness (QED) is 0.377. The van der Waals surface area contributed by atoms with Crippen LogP contribution < -0.4 is 5.32 Å². The maximum absolute atomic E-state index is 12.0. The molecule has 2 aromatic carbocycles. The van der Waals surface area contributed by atoms with Crippen LogP contribution in [-0.2, 0) is 0 Å². The zero-order chi connectivity index (χ0) is 19.8. The molecule has 0 fully saturated rings. The van der Waals surface area contributed by atoms with Gasteiger partial charge in [0.05, 0.1) is 16.6 Å². The smallest absolute Gasteiger partial charge is 0.172 e. The van der Waals surface area contributed by atoms with Crippen molar-refractivity contribution in [3.8, 4) is 11.4 Å². The first-order valence-corrected chi connectivity index (χ1v) is 10.1. The van der Waals surface area contributed by atoms with E-state index in [4.69, 9.17) is 0 Å². The largest absolute Gasteiger partial charge is 0.340 e. The Morgan fingerprint density at radius 2 is 2.03 bits per heavy atom. The lowest BCUT2D eigenvalue weighted by Crippen LogP contribution is -1.96. The molecule has 0 amide bonds. The predicted molar refractivity (Wildman–Crippen MR) is 117 cm³/mol. The van der Waals surface area contributed by atoms with Gasteiger partial charge in [-0.15, -0.1) is 11.3 Å². The summed E-state index contributed by atoms with van der Waals surface area (Å²) >= 11 is 1.52. The van der Waals surface area contributed by atoms with Crippen LogP contribution in [0, 0.1) is 0 Å². The number of carbonyl (C=O) groups excluding carboxylic acids is 1. The number of thiophene rings is 1. The first-order valence-electron chi connectivity index (χ1n) is 9.30. The number of rotatable bonds is 5. The number of aromatic nitrogens is 4. The van der Waals surface area contributed by atoms with Gasteiger partial charge in [0, 0.05) is 34.0 Å². The molecule has 0 saturated carbocycles. The van der Waals surface area contributed by atoms with Crippen molar-refractivity contribution in [1.82, 2.24) is 20.2 Å². The molecule has 5 rings (SSSR count). The fourth-order valence-corrected chi connectivity index (χ4v) is 4.33. The third kappa shape index (κ3) is 3.36. The fourth-order valence-electron chi connectivity index (χ4n) is 3.22. The van der Waals surface area contributed by atoms with Crippen LogP contribution >= 0.6 is 11.3 Å². The van der Waals surface area contributed by atoms with Gasteiger partial charge < -0.3 is 5.32 Å². The first-order chi connectivity index (χ1) is 14.2. The molecule has 142 valence electrons. The molecule has 0 unspecified atom stereocenters. The van der Waals surface area contributed by atoms with Crippen LogP contribution in [0.3, 0.4) is 0 Å². The molecule has 0 radical (unpaired) electrons. The molecule has 0 aliphatic carbocycles. The van der Waals surface area contributed by atoms with Crippen LogP contribution in [-0.4, -0.2) is 25.9 Å². The number of Topliss-reactive ketones (excluding diaryl/α,β-unsaturated/α-hetero) is 1. The topological polar surface area (TPSA) is 83.6 Å². The summed E-state index contributed by atoms with van der Waals surface area (Å²) in [7, 11) is 0. The summed E-state index contributed by atoms with van der Waals surface area (Å²) in [6, 6.07) is 15.8. The highest BCUT2D eigenvalue weighted by atomic mass is 32.1. The summed E-state index contributed by atoms with van der Waals surface area (Å²) in [5.41, 5.74) is 2.84. The highest BCUT2D eigenvalue weighted by molar-refractivity contribution is 7.20. The summed E-state index contributed by atoms with van der Waals surface area (Å²) in [6.07, 6.45) is 4.05. The summed E-state index contributed by atoms with van der Waals surface area (Å²) in [4.78, 5) is 21.9. The molecule has 0 bridgehead atoms. The number of carbonyl (C=O) groups is 1. The average molecular weight is 399 g/mol. The first kappa shape index (κ1) is 17.5. The van der Waals surface area contributed by atoms with E-state index in [0.717, 1.165) is 37.1 Å². The molecule has 2 N–H and O–H groups in total. The Balaban J connectivity index is 1.46. The molecule has 0 saturated heterocycles. The minimum Gasteiger partial charge on any atom is -0.340 e. The second-order valence-corrected chi connectivity index (χ2v) is 7.79. The van der Waals surface area contributed by atoms with Crippen molar-refractivity contribution in [1.29, 1.82) is 0 Å². The SMILES string of the molecule is CCC(=O)c1cc2ccc(-c3nccc(Nc4ccc5[nH]ncc5c4)n3)cc2s1. The Kier molecular flexibility index (Phi) is 4.29. The van der Waals surface area contributed by atoms with E-state index in [9.17, 15) is 4.79 Å². The number of hydrogen-bond donors (Lipinski definition) is 2. The molecule has 0 spiro atoms. The minimum atomic E-state index is 0.171. The minimum absolute atomic E-state index is 0.171. The van der Waals surface area contributed by atoms with Gasteiger partial charge in [-0.2, -0.15) is 5.10 Å². The Morgan fingerprint density at radius 3 is 2.93 bits per heavy atom. The molecular weight excluding hydrogens is 382 g/mol. The number of hydrogen-bond acceptors (Lipinski definition) is 6. The second-order valence-electron chi connectivity index (χ2n) is 6.70. The van der Waals surface area contributed by atoms with Crippen molar-refractivity contribution in [3.05, 3.63) is 65.8 Å². The van der Waals surface area contributed by atoms with Gasteiger partial charge in [-0.25, -0.2) is 9.97 Å². The molecule has 5 aromatic rings. The van der Waals surface area contributed by atoms with E-state index in [-0.39, 0.29) is 5.78 Å². The third-order valence-electron chi connectivity index (χ3n) is 4.74. The van der Waals surface area contributed by atoms with E-state index >= 15 is 0 Å². The van der Waals surface area contributed by atoms with Gasteiger partial charge in [-0.05, 0) is 41.8 Å². The van der Waals surface area contributed by atoms with E-state index < -0.39 is 0 Å². The van der Waals surface area contributed by atoms with Crippen molar-refractivity contribution in [2.45, 2.75) is 13.3 Å². The van der Waals surface area contributed by atoms with E-state index in [1.165, 1.54) is 11.3 Å². The van der Waals surface area contributed by atoms with Crippen molar-refractivity contribution < 1.29 is 4.79 Å². The van der Waals surface area contributed by atoms with Gasteiger partial charge in [0.2, 0.25) is 0 Å². The highest BCUT2D eigenvalue weighted by Crippen LogP contribution is 2.30. The van der Waals surface area contributed by atoms with Crippen LogP contribution in [0.15, 0.2) is 60.9 Å². The molecule has 7 heteroatoms. The normalized spacial score (nSPS) is 11.2. The van der Waals surface area contributed by atoms with Gasteiger partial charge in [0.1, 0.15) is 5.82 Å². The zero-order valence-corrected chi connectivity index (χ0v) is 16.5. The van der Waals surface area contributed by atoms with Gasteiger partial charge in [-0.1, -0.05) is 19.1 Å². The maximum atomic E-state index is 12.0. The molecule has 0 aliphatic heterocycles. The number of benzene rings is 2. The summed E-state index contributed by atoms with van der Waals surface area (Å²) in [5.74, 6) is 1.52. The van der Waals surface area contributed by atoms with Crippen molar-refractivity contribution in [3.63, 3.8) is 0 Å². The fraction of sp³-hybridized carbons (Fsp3) is 0.0909. The highest BCUT2D eigenvalue weighted by Gasteiger charge is 2.11. The Hall–Kier alpha value is -3.58. The average Bonchev–Trinajstić information content (AvgIpc) is 3.39. The molecule has 0 atom stereocenters. The number of fused-ring (bicyclic) bond motifs is 2. The van der Waals surface area contributed by atoms with Crippen LogP contribution in [0.1, 0.15) is 23.0 Å². The number of H-pyrrole nitrogens is 1. The summed E-state index contributed by atoms with van der Waals surface area (Å²) in [5, 5.41) is 12.4. The number of aromatic amines is 1. The van der Waals surface area contributed by atoms with E-state index in [0.29, 0.717) is 18.1 Å². The maximum Gasteiger partial charge on any atom is 0.172 e. The summed E-state index contributed by atoms with van der Waals surface area (Å²) < 4.78 is 1.06. The van der Waals surface area contributed by atoms with Gasteiger partial charge in [0.15, 0.2) is 11.6 Å². The van der Waals surface area contributed by atoms with E-state index in [1.807, 2.05) is 55.5 Å². The van der Waals surface area contributed by atoms with Crippen LogP contribution in [0.2, 0.25) is 0 Å². The van der Waals surface area contributed by atoms with Crippen LogP contribution in [0.5, 0.6) is 0 Å². The summed E-state index contributed by atoms with van der Waals surface area (Å²) in [6.45, 7) is 1.88. The van der Waals surface area contributed by atoms with Crippen LogP contribution in [0.25, 0.3) is 32.4 Å².